The van der Waals surface area contributed by atoms with Crippen molar-refractivity contribution in [1.82, 2.24) is 14.9 Å². The van der Waals surface area contributed by atoms with Gasteiger partial charge in [-0.05, 0) is 12.8 Å². The molecule has 0 saturated carbocycles. The molecule has 5 heteroatoms. The predicted molar refractivity (Wildman–Crippen MR) is 56.5 cm³/mol. The molecule has 0 fully saturated rings. The Labute approximate surface area is 89.1 Å². The normalized spacial score (nSPS) is 12.5. The molecular formula is C10H17N3O2. The van der Waals surface area contributed by atoms with Crippen LogP contribution in [0.4, 0.5) is 0 Å². The summed E-state index contributed by atoms with van der Waals surface area (Å²) in [5.41, 5.74) is 0.534. The SMILES string of the molecule is CCC(CCO)NC(=O)c1cncn1C. The lowest BCUT2D eigenvalue weighted by Crippen LogP contribution is -2.35. The first-order chi connectivity index (χ1) is 7.19. The van der Waals surface area contributed by atoms with Crippen LogP contribution in [0.5, 0.6) is 0 Å². The Morgan fingerprint density at radius 3 is 2.93 bits per heavy atom. The fourth-order valence-corrected chi connectivity index (χ4v) is 1.37. The van der Waals surface area contributed by atoms with Gasteiger partial charge < -0.3 is 15.0 Å². The lowest BCUT2D eigenvalue weighted by molar-refractivity contribution is 0.0921. The largest absolute Gasteiger partial charge is 0.396 e. The second-order valence-electron chi connectivity index (χ2n) is 3.48. The summed E-state index contributed by atoms with van der Waals surface area (Å²) in [6, 6.07) is 0.0254. The van der Waals surface area contributed by atoms with Crippen LogP contribution in [0, 0.1) is 0 Å². The number of aliphatic hydroxyl groups is 1. The zero-order chi connectivity index (χ0) is 11.3. The Kier molecular flexibility index (Phi) is 4.30. The molecule has 1 heterocycles. The van der Waals surface area contributed by atoms with Crippen molar-refractivity contribution < 1.29 is 9.90 Å². The van der Waals surface area contributed by atoms with E-state index in [1.807, 2.05) is 6.92 Å². The molecule has 0 aliphatic heterocycles. The van der Waals surface area contributed by atoms with Crippen LogP contribution < -0.4 is 5.32 Å². The summed E-state index contributed by atoms with van der Waals surface area (Å²) in [6.07, 6.45) is 4.51. The highest BCUT2D eigenvalue weighted by Crippen LogP contribution is 2.01. The molecule has 2 N–H and O–H groups in total. The van der Waals surface area contributed by atoms with E-state index in [0.29, 0.717) is 12.1 Å². The van der Waals surface area contributed by atoms with Gasteiger partial charge in [0.2, 0.25) is 0 Å². The lowest BCUT2D eigenvalue weighted by Gasteiger charge is -2.15. The van der Waals surface area contributed by atoms with Crippen LogP contribution >= 0.6 is 0 Å². The van der Waals surface area contributed by atoms with Crippen molar-refractivity contribution >= 4 is 5.91 Å². The van der Waals surface area contributed by atoms with Gasteiger partial charge in [-0.2, -0.15) is 0 Å². The second-order valence-corrected chi connectivity index (χ2v) is 3.48. The number of carbonyl (C=O) groups excluding carboxylic acids is 1. The predicted octanol–water partition coefficient (Wildman–Crippen LogP) is 0.311. The molecule has 0 bridgehead atoms. The Morgan fingerprint density at radius 2 is 2.47 bits per heavy atom. The lowest BCUT2D eigenvalue weighted by atomic mass is 10.1. The summed E-state index contributed by atoms with van der Waals surface area (Å²) < 4.78 is 1.67. The standard InChI is InChI=1S/C10H17N3O2/c1-3-8(4-5-14)12-10(15)9-6-11-7-13(9)2/h6-8,14H,3-5H2,1-2H3,(H,12,15). The van der Waals surface area contributed by atoms with E-state index < -0.39 is 0 Å². The molecule has 0 spiro atoms. The van der Waals surface area contributed by atoms with Crippen LogP contribution in [0.1, 0.15) is 30.3 Å². The third kappa shape index (κ3) is 3.06. The Morgan fingerprint density at radius 1 is 1.73 bits per heavy atom. The van der Waals surface area contributed by atoms with E-state index in [9.17, 15) is 4.79 Å². The van der Waals surface area contributed by atoms with Crippen LogP contribution in [0.3, 0.4) is 0 Å². The van der Waals surface area contributed by atoms with E-state index in [1.54, 1.807) is 17.9 Å². The number of imidazole rings is 1. The molecule has 1 atom stereocenters. The Hall–Kier alpha value is -1.36. The quantitative estimate of drug-likeness (QED) is 0.736. The van der Waals surface area contributed by atoms with Gasteiger partial charge >= 0.3 is 0 Å². The van der Waals surface area contributed by atoms with E-state index in [-0.39, 0.29) is 18.6 Å². The fraction of sp³-hybridized carbons (Fsp3) is 0.600. The molecule has 1 aromatic heterocycles. The van der Waals surface area contributed by atoms with Crippen LogP contribution in [-0.4, -0.2) is 33.2 Å². The second kappa shape index (κ2) is 5.50. The van der Waals surface area contributed by atoms with Gasteiger partial charge in [-0.3, -0.25) is 4.79 Å². The summed E-state index contributed by atoms with van der Waals surface area (Å²) in [5.74, 6) is -0.143. The zero-order valence-electron chi connectivity index (χ0n) is 9.10. The van der Waals surface area contributed by atoms with Crippen molar-refractivity contribution in [2.24, 2.45) is 7.05 Å². The minimum Gasteiger partial charge on any atom is -0.396 e. The maximum atomic E-state index is 11.7. The molecule has 0 radical (unpaired) electrons. The Balaban J connectivity index is 2.58. The van der Waals surface area contributed by atoms with E-state index in [2.05, 4.69) is 10.3 Å². The van der Waals surface area contributed by atoms with Crippen LogP contribution in [0.15, 0.2) is 12.5 Å². The number of nitrogens with one attached hydrogen (secondary N) is 1. The van der Waals surface area contributed by atoms with Crippen LogP contribution in [0.2, 0.25) is 0 Å². The van der Waals surface area contributed by atoms with Gasteiger partial charge in [-0.1, -0.05) is 6.92 Å². The number of hydrogen-bond donors (Lipinski definition) is 2. The molecule has 1 amide bonds. The number of rotatable bonds is 5. The van der Waals surface area contributed by atoms with E-state index in [0.717, 1.165) is 6.42 Å². The van der Waals surface area contributed by atoms with Crippen molar-refractivity contribution in [1.29, 1.82) is 0 Å². The smallest absolute Gasteiger partial charge is 0.269 e. The van der Waals surface area contributed by atoms with Gasteiger partial charge in [0.1, 0.15) is 5.69 Å². The number of nitrogens with zero attached hydrogens (tertiary/aromatic N) is 2. The average molecular weight is 211 g/mol. The topological polar surface area (TPSA) is 67.2 Å². The molecular weight excluding hydrogens is 194 g/mol. The molecule has 0 aromatic carbocycles. The van der Waals surface area contributed by atoms with E-state index >= 15 is 0 Å². The van der Waals surface area contributed by atoms with Crippen molar-refractivity contribution in [2.75, 3.05) is 6.61 Å². The van der Waals surface area contributed by atoms with E-state index in [1.165, 1.54) is 6.20 Å². The molecule has 84 valence electrons. The highest BCUT2D eigenvalue weighted by Gasteiger charge is 2.13. The maximum Gasteiger partial charge on any atom is 0.269 e. The maximum absolute atomic E-state index is 11.7. The summed E-state index contributed by atoms with van der Waals surface area (Å²) in [6.45, 7) is 2.06. The zero-order valence-corrected chi connectivity index (χ0v) is 9.10. The van der Waals surface area contributed by atoms with Gasteiger partial charge in [-0.15, -0.1) is 0 Å². The molecule has 0 aliphatic carbocycles. The highest BCUT2D eigenvalue weighted by molar-refractivity contribution is 5.92. The van der Waals surface area contributed by atoms with Crippen molar-refractivity contribution in [3.63, 3.8) is 0 Å². The fourth-order valence-electron chi connectivity index (χ4n) is 1.37. The molecule has 1 rings (SSSR count). The highest BCUT2D eigenvalue weighted by atomic mass is 16.3. The third-order valence-corrected chi connectivity index (χ3v) is 2.35. The number of hydrogen-bond acceptors (Lipinski definition) is 3. The first kappa shape index (κ1) is 11.7. The number of carbonyl (C=O) groups is 1. The van der Waals surface area contributed by atoms with Gasteiger partial charge in [0, 0.05) is 19.7 Å². The number of aryl methyl sites for hydroxylation is 1. The van der Waals surface area contributed by atoms with Gasteiger partial charge in [-0.25, -0.2) is 4.98 Å². The minimum atomic E-state index is -0.143. The monoisotopic (exact) mass is 211 g/mol. The first-order valence-corrected chi connectivity index (χ1v) is 5.07. The summed E-state index contributed by atoms with van der Waals surface area (Å²) >= 11 is 0. The van der Waals surface area contributed by atoms with Crippen molar-refractivity contribution in [2.45, 2.75) is 25.8 Å². The molecule has 15 heavy (non-hydrogen) atoms. The van der Waals surface area contributed by atoms with Crippen molar-refractivity contribution in [3.05, 3.63) is 18.2 Å². The summed E-state index contributed by atoms with van der Waals surface area (Å²) in [4.78, 5) is 15.6. The van der Waals surface area contributed by atoms with Gasteiger partial charge in [0.05, 0.1) is 12.5 Å². The summed E-state index contributed by atoms with van der Waals surface area (Å²) in [7, 11) is 1.77. The van der Waals surface area contributed by atoms with Gasteiger partial charge in [0.25, 0.3) is 5.91 Å². The van der Waals surface area contributed by atoms with Gasteiger partial charge in [0.15, 0.2) is 0 Å². The number of aliphatic hydroxyl groups excluding tert-OH is 1. The minimum absolute atomic E-state index is 0.0254. The molecule has 1 unspecified atom stereocenters. The first-order valence-electron chi connectivity index (χ1n) is 5.07. The molecule has 5 nitrogen and oxygen atoms in total. The van der Waals surface area contributed by atoms with Crippen molar-refractivity contribution in [3.8, 4) is 0 Å². The number of amides is 1. The third-order valence-electron chi connectivity index (χ3n) is 2.35. The molecule has 0 aliphatic rings. The van der Waals surface area contributed by atoms with Crippen LogP contribution in [0.25, 0.3) is 0 Å². The van der Waals surface area contributed by atoms with E-state index in [4.69, 9.17) is 5.11 Å². The number of aromatic nitrogens is 2. The molecule has 0 saturated heterocycles. The summed E-state index contributed by atoms with van der Waals surface area (Å²) in [5, 5.41) is 11.6. The average Bonchev–Trinajstić information content (AvgIpc) is 2.63. The van der Waals surface area contributed by atoms with Crippen LogP contribution in [-0.2, 0) is 7.05 Å². The Bertz CT molecular complexity index is 322. The molecule has 1 aromatic rings.